The quantitative estimate of drug-likeness (QED) is 0.0128. The number of ether oxygens (including phenoxy) is 6. The van der Waals surface area contributed by atoms with Crippen LogP contribution in [0.5, 0.6) is 17.2 Å². The Hall–Kier alpha value is -10.2. The number of benzene rings is 3. The van der Waals surface area contributed by atoms with Crippen LogP contribution in [0.25, 0.3) is 0 Å². The number of carbonyl (C=O) groups excluding carboxylic acids is 6. The van der Waals surface area contributed by atoms with E-state index in [1.807, 2.05) is 36.4 Å². The lowest BCUT2D eigenvalue weighted by atomic mass is 9.84. The number of unbranched alkanes of at least 4 members (excludes halogenated alkanes) is 9. The van der Waals surface area contributed by atoms with Crippen molar-refractivity contribution in [1.82, 2.24) is 61.0 Å². The summed E-state index contributed by atoms with van der Waals surface area (Å²) in [5.74, 6) is -0.510. The summed E-state index contributed by atoms with van der Waals surface area (Å²) in [4.78, 5) is 130. The van der Waals surface area contributed by atoms with E-state index in [4.69, 9.17) is 28.4 Å². The zero-order valence-electron chi connectivity index (χ0n) is 71.4. The van der Waals surface area contributed by atoms with E-state index in [2.05, 4.69) is 109 Å². The highest BCUT2D eigenvalue weighted by Crippen LogP contribution is 2.39. The highest BCUT2D eigenvalue weighted by Gasteiger charge is 2.28. The van der Waals surface area contributed by atoms with Gasteiger partial charge in [-0.3, -0.25) is 58.1 Å². The van der Waals surface area contributed by atoms with Crippen LogP contribution in [0.3, 0.4) is 0 Å². The minimum Gasteiger partial charge on any atom is -0.483 e. The summed E-state index contributed by atoms with van der Waals surface area (Å²) >= 11 is 0. The number of fused-ring (bicyclic) bond motifs is 6. The van der Waals surface area contributed by atoms with Crippen molar-refractivity contribution in [3.8, 4) is 17.2 Å². The summed E-state index contributed by atoms with van der Waals surface area (Å²) in [6.45, 7) is 30.3. The van der Waals surface area contributed by atoms with Crippen LogP contribution in [0.4, 0.5) is 0 Å². The molecule has 4 heterocycles. The fourth-order valence-electron chi connectivity index (χ4n) is 13.0. The van der Waals surface area contributed by atoms with Gasteiger partial charge >= 0.3 is 16.7 Å². The molecule has 0 atom stereocenters. The van der Waals surface area contributed by atoms with Crippen molar-refractivity contribution in [3.05, 3.63) is 169 Å². The summed E-state index contributed by atoms with van der Waals surface area (Å²) in [5.41, 5.74) is 6.60. The first kappa shape index (κ1) is 94.0. The smallest absolute Gasteiger partial charge is 0.304 e. The molecule has 9 N–H and O–H groups in total. The predicted molar refractivity (Wildman–Crippen MR) is 441 cm³/mol. The van der Waals surface area contributed by atoms with E-state index in [1.54, 1.807) is 41.5 Å². The van der Waals surface area contributed by atoms with Gasteiger partial charge in [0.2, 0.25) is 17.7 Å². The Kier molecular flexibility index (Phi) is 36.1. The Morgan fingerprint density at radius 3 is 0.735 bits per heavy atom. The van der Waals surface area contributed by atoms with Crippen LogP contribution < -0.4 is 62.8 Å². The van der Waals surface area contributed by atoms with Crippen molar-refractivity contribution < 1.29 is 72.8 Å². The average Bonchev–Trinajstić information content (AvgIpc) is 0.789. The number of aromatic nitrogens is 6. The summed E-state index contributed by atoms with van der Waals surface area (Å²) in [6.07, 6.45) is 9.23. The van der Waals surface area contributed by atoms with Gasteiger partial charge in [0.25, 0.3) is 17.7 Å². The minimum absolute atomic E-state index is 0.0194. The summed E-state index contributed by atoms with van der Waals surface area (Å²) in [7, 11) is 0. The molecule has 3 aromatic heterocycles. The van der Waals surface area contributed by atoms with E-state index in [9.17, 15) is 58.8 Å². The predicted octanol–water partition coefficient (Wildman–Crippen LogP) is 9.69. The first-order chi connectivity index (χ1) is 55.4. The van der Waals surface area contributed by atoms with Crippen molar-refractivity contribution >= 4 is 35.4 Å². The van der Waals surface area contributed by atoms with Crippen LogP contribution in [-0.2, 0) is 118 Å². The first-order valence-electron chi connectivity index (χ1n) is 41.0. The molecule has 0 saturated carbocycles. The molecule has 0 fully saturated rings. The fourth-order valence-corrected chi connectivity index (χ4v) is 13.0. The molecule has 1 aliphatic heterocycles. The summed E-state index contributed by atoms with van der Waals surface area (Å²) in [5, 5.41) is 48.0. The van der Waals surface area contributed by atoms with Crippen LogP contribution in [0, 0.1) is 41.5 Å². The Balaban J connectivity index is 1.06. The molecule has 1 aliphatic rings. The molecule has 117 heavy (non-hydrogen) atoms. The van der Waals surface area contributed by atoms with Gasteiger partial charge in [0.15, 0.2) is 19.8 Å². The molecule has 6 aromatic rings. The Labute approximate surface area is 686 Å². The van der Waals surface area contributed by atoms with Crippen LogP contribution in [0.2, 0.25) is 0 Å². The third kappa shape index (κ3) is 29.4. The molecule has 6 bridgehead atoms. The number of rotatable bonds is 39. The normalized spacial score (nSPS) is 12.7. The van der Waals surface area contributed by atoms with Crippen molar-refractivity contribution in [3.63, 3.8) is 0 Å². The maximum Gasteiger partial charge on any atom is 0.304 e. The zero-order chi connectivity index (χ0) is 85.7. The van der Waals surface area contributed by atoms with E-state index in [0.717, 1.165) is 55.2 Å². The minimum atomic E-state index is -0.640. The maximum absolute atomic E-state index is 13.8. The fraction of sp³-hybridized carbons (Fsp3) is 0.586. The highest BCUT2D eigenvalue weighted by atomic mass is 16.5. The van der Waals surface area contributed by atoms with E-state index in [1.165, 1.54) is 0 Å². The van der Waals surface area contributed by atoms with Gasteiger partial charge in [-0.05, 0) is 149 Å². The van der Waals surface area contributed by atoms with Gasteiger partial charge in [-0.15, -0.1) is 14.2 Å². The third-order valence-electron chi connectivity index (χ3n) is 20.7. The Bertz CT molecular complexity index is 4070. The average molecular weight is 1630 g/mol. The molecule has 7 rings (SSSR count). The second kappa shape index (κ2) is 44.9. The molecule has 0 spiro atoms. The van der Waals surface area contributed by atoms with E-state index >= 15 is 0 Å². The largest absolute Gasteiger partial charge is 0.483 e. The lowest BCUT2D eigenvalue weighted by molar-refractivity contribution is -0.123. The van der Waals surface area contributed by atoms with Crippen molar-refractivity contribution in [1.29, 1.82) is 0 Å². The number of nitrogens with one attached hydrogen (secondary N) is 6. The molecular formula is C87H126N12O18. The van der Waals surface area contributed by atoms with Gasteiger partial charge in [-0.1, -0.05) is 101 Å². The molecule has 0 aliphatic carbocycles. The maximum atomic E-state index is 13.8. The number of aryl methyl sites for hydroxylation is 6. The van der Waals surface area contributed by atoms with Crippen molar-refractivity contribution in [2.75, 3.05) is 59.1 Å². The first-order valence-corrected chi connectivity index (χ1v) is 41.0. The molecule has 0 saturated heterocycles. The molecule has 642 valence electrons. The van der Waals surface area contributed by atoms with E-state index < -0.39 is 16.7 Å². The van der Waals surface area contributed by atoms with Crippen LogP contribution in [0.1, 0.15) is 260 Å². The number of hydrogen-bond acceptors (Lipinski definition) is 21. The number of hydrogen-bond donors (Lipinski definition) is 9. The van der Waals surface area contributed by atoms with E-state index in [-0.39, 0.29) is 167 Å². The molecule has 0 radical (unpaired) electrons. The van der Waals surface area contributed by atoms with Crippen molar-refractivity contribution in [2.24, 2.45) is 0 Å². The molecule has 6 amide bonds. The van der Waals surface area contributed by atoms with Gasteiger partial charge in [0.05, 0.1) is 73.8 Å². The molecule has 3 aromatic carbocycles. The highest BCUT2D eigenvalue weighted by molar-refractivity contribution is 5.79. The second-order valence-corrected chi connectivity index (χ2v) is 33.3. The van der Waals surface area contributed by atoms with Crippen molar-refractivity contribution in [2.45, 2.75) is 275 Å². The Morgan fingerprint density at radius 1 is 0.342 bits per heavy atom. The second-order valence-electron chi connectivity index (χ2n) is 33.3. The van der Waals surface area contributed by atoms with Gasteiger partial charge in [0.1, 0.15) is 34.3 Å². The van der Waals surface area contributed by atoms with Gasteiger partial charge in [-0.2, -0.15) is 0 Å². The van der Waals surface area contributed by atoms with Crippen LogP contribution in [-0.4, -0.2) is 139 Å². The standard InChI is InChI=1S/C87H126N12O18/c1-55-58(4)97(109)82(106)70(94-55)28-31-73(100)88-34-22-16-19-25-37-91-76(103)52-115-79-61-40-67(85(7,8)9)41-62(79)47-113-49-64-43-69(87(13,14)15)45-66(81(64)117-54-78(105)93-39-27-21-18-24-36-90-75(102)33-30-72-84(108)99(111)60(6)57(3)96-72)51-114-50-65-44-68(86(10,11)12)42-63(48-112-46-61)80(65)116-53-77(104)92-38-26-20-17-23-35-89-74(101)32-29-71-83(107)98(110)59(5)56(2)95-71/h40-45,109-111H,16-39,46-54H2,1-15H3,(H,88,100)(H,89,101)(H,90,102)(H,91,103)(H,92,104)(H,93,105). The molecule has 30 heteroatoms. The number of nitrogens with zero attached hydrogens (tertiary/aromatic N) is 6. The lowest BCUT2D eigenvalue weighted by Gasteiger charge is -2.26. The van der Waals surface area contributed by atoms with Gasteiger partial charge in [-0.25, -0.2) is 0 Å². The van der Waals surface area contributed by atoms with Gasteiger partial charge < -0.3 is 75.9 Å². The monoisotopic (exact) mass is 1630 g/mol. The lowest BCUT2D eigenvalue weighted by Crippen LogP contribution is -2.30. The molecule has 30 nitrogen and oxygen atoms in total. The van der Waals surface area contributed by atoms with Crippen LogP contribution >= 0.6 is 0 Å². The van der Waals surface area contributed by atoms with Gasteiger partial charge in [0, 0.05) is 111 Å². The number of amides is 6. The SMILES string of the molecule is Cc1nc(CCC(=O)NCCCCCCNC(=O)COc2c3cc(C(C)(C)C)cc2COCc2cc(C(C)(C)C)cc(c2OCC(=O)NCCCCCCNC(=O)CCc2nc(C)c(C)n(O)c2=O)COCc2cc(C(C)(C)C)cc(c2OCC(=O)NCCCCCCNC(=O)CCc2nc(C)c(C)n(O)c2=O)COC3)c(=O)n(O)c1C. The summed E-state index contributed by atoms with van der Waals surface area (Å²) < 4.78 is 41.8. The van der Waals surface area contributed by atoms with Crippen LogP contribution in [0.15, 0.2) is 50.8 Å². The molecule has 0 unspecified atom stereocenters. The van der Waals surface area contributed by atoms with E-state index in [0.29, 0.717) is 177 Å². The topological polar surface area (TPSA) is 395 Å². The summed E-state index contributed by atoms with van der Waals surface area (Å²) in [6, 6.07) is 12.2. The third-order valence-corrected chi connectivity index (χ3v) is 20.7. The Morgan fingerprint density at radius 2 is 0.538 bits per heavy atom. The number of carbonyl (C=O) groups is 6. The molecular weight excluding hydrogens is 1500 g/mol. The zero-order valence-corrected chi connectivity index (χ0v) is 71.4.